The summed E-state index contributed by atoms with van der Waals surface area (Å²) in [7, 11) is 0. The highest BCUT2D eigenvalue weighted by Gasteiger charge is 2.13. The van der Waals surface area contributed by atoms with Crippen LogP contribution < -0.4 is 5.73 Å². The third-order valence-electron chi connectivity index (χ3n) is 1.83. The van der Waals surface area contributed by atoms with Crippen molar-refractivity contribution in [2.45, 2.75) is 25.5 Å². The van der Waals surface area contributed by atoms with Gasteiger partial charge in [0.2, 0.25) is 0 Å². The number of nitrogens with two attached hydrogens (primary N) is 1. The van der Waals surface area contributed by atoms with E-state index < -0.39 is 6.10 Å². The molecule has 13 heavy (non-hydrogen) atoms. The summed E-state index contributed by atoms with van der Waals surface area (Å²) in [5.41, 5.74) is 6.63. The summed E-state index contributed by atoms with van der Waals surface area (Å²) in [5.74, 6) is 0. The van der Waals surface area contributed by atoms with E-state index in [0.29, 0.717) is 6.42 Å². The normalized spacial score (nSPS) is 14.9. The van der Waals surface area contributed by atoms with Crippen molar-refractivity contribution in [3.05, 3.63) is 21.9 Å². The largest absolute Gasteiger partial charge is 0.391 e. The van der Waals surface area contributed by atoms with E-state index in [0.717, 1.165) is 10.4 Å². The van der Waals surface area contributed by atoms with Crippen molar-refractivity contribution in [2.24, 2.45) is 5.73 Å². The zero-order valence-corrected chi connectivity index (χ0v) is 8.21. The number of hydrogen-bond donors (Lipinski definition) is 2. The third kappa shape index (κ3) is 2.52. The quantitative estimate of drug-likeness (QED) is 0.763. The van der Waals surface area contributed by atoms with Crippen LogP contribution in [0.15, 0.2) is 11.4 Å². The Labute approximate surface area is 81.4 Å². The van der Waals surface area contributed by atoms with Crippen LogP contribution in [0.1, 0.15) is 23.4 Å². The summed E-state index contributed by atoms with van der Waals surface area (Å²) in [6.07, 6.45) is -0.137. The summed E-state index contributed by atoms with van der Waals surface area (Å²) in [5, 5.41) is 19.6. The van der Waals surface area contributed by atoms with Crippen LogP contribution in [0.5, 0.6) is 0 Å². The van der Waals surface area contributed by atoms with Gasteiger partial charge in [0.1, 0.15) is 0 Å². The van der Waals surface area contributed by atoms with Crippen LogP contribution >= 0.6 is 11.3 Å². The lowest BCUT2D eigenvalue weighted by Crippen LogP contribution is -2.22. The van der Waals surface area contributed by atoms with Gasteiger partial charge >= 0.3 is 0 Å². The van der Waals surface area contributed by atoms with E-state index in [1.54, 1.807) is 6.92 Å². The number of aliphatic hydroxyl groups excluding tert-OH is 1. The van der Waals surface area contributed by atoms with Gasteiger partial charge in [-0.25, -0.2) is 0 Å². The summed E-state index contributed by atoms with van der Waals surface area (Å²) >= 11 is 1.51. The molecule has 1 rings (SSSR count). The first kappa shape index (κ1) is 10.2. The lowest BCUT2D eigenvalue weighted by molar-refractivity contribution is 0.164. The first-order valence-electron chi connectivity index (χ1n) is 4.03. The Kier molecular flexibility index (Phi) is 3.43. The Morgan fingerprint density at radius 1 is 1.77 bits per heavy atom. The molecular weight excluding hydrogens is 184 g/mol. The predicted octanol–water partition coefficient (Wildman–Crippen LogP) is 1.19. The van der Waals surface area contributed by atoms with Crippen LogP contribution in [0.4, 0.5) is 0 Å². The number of hydrogen-bond acceptors (Lipinski definition) is 4. The van der Waals surface area contributed by atoms with E-state index in [2.05, 4.69) is 6.07 Å². The molecule has 3 nitrogen and oxygen atoms in total. The molecule has 0 saturated heterocycles. The van der Waals surface area contributed by atoms with E-state index in [1.807, 2.05) is 11.4 Å². The van der Waals surface area contributed by atoms with Gasteiger partial charge < -0.3 is 10.8 Å². The molecule has 0 aromatic carbocycles. The molecule has 0 saturated carbocycles. The number of aliphatic hydroxyl groups is 1. The fourth-order valence-electron chi connectivity index (χ4n) is 1.02. The molecule has 0 aliphatic rings. The lowest BCUT2D eigenvalue weighted by Gasteiger charge is -2.12. The zero-order valence-electron chi connectivity index (χ0n) is 7.40. The minimum atomic E-state index is -0.551. The number of rotatable bonds is 3. The molecule has 0 amide bonds. The van der Waals surface area contributed by atoms with Gasteiger partial charge in [-0.2, -0.15) is 5.26 Å². The summed E-state index contributed by atoms with van der Waals surface area (Å²) < 4.78 is 0. The molecule has 0 bridgehead atoms. The van der Waals surface area contributed by atoms with Crippen LogP contribution in [-0.2, 0) is 6.42 Å². The van der Waals surface area contributed by atoms with Gasteiger partial charge in [-0.15, -0.1) is 11.3 Å². The topological polar surface area (TPSA) is 70.0 Å². The van der Waals surface area contributed by atoms with Gasteiger partial charge in [-0.1, -0.05) is 0 Å². The first-order valence-corrected chi connectivity index (χ1v) is 4.91. The van der Waals surface area contributed by atoms with Crippen molar-refractivity contribution >= 4 is 11.3 Å². The molecule has 0 aliphatic heterocycles. The maximum absolute atomic E-state index is 9.23. The average Bonchev–Trinajstić information content (AvgIpc) is 2.52. The molecule has 3 N–H and O–H groups in total. The standard InChI is InChI=1S/C9H12N2OS/c1-6(12)9(11)7-4-8(2-3-10)13-5-7/h4-6,9,12H,2,11H2,1H3/t6-,9+/m1/s1. The van der Waals surface area contributed by atoms with Gasteiger partial charge in [-0.05, 0) is 23.9 Å². The maximum atomic E-state index is 9.23. The molecule has 2 atom stereocenters. The molecule has 1 heterocycles. The van der Waals surface area contributed by atoms with Gasteiger partial charge in [0.25, 0.3) is 0 Å². The molecule has 0 aliphatic carbocycles. The maximum Gasteiger partial charge on any atom is 0.0705 e. The molecule has 0 unspecified atom stereocenters. The molecule has 1 aromatic rings. The van der Waals surface area contributed by atoms with Crippen molar-refractivity contribution in [1.82, 2.24) is 0 Å². The van der Waals surface area contributed by atoms with Crippen LogP contribution in [0.3, 0.4) is 0 Å². The Morgan fingerprint density at radius 3 is 3.00 bits per heavy atom. The zero-order chi connectivity index (χ0) is 9.84. The van der Waals surface area contributed by atoms with E-state index in [4.69, 9.17) is 11.0 Å². The Morgan fingerprint density at radius 2 is 2.46 bits per heavy atom. The summed E-state index contributed by atoms with van der Waals surface area (Å²) in [6.45, 7) is 1.66. The van der Waals surface area contributed by atoms with Crippen molar-refractivity contribution < 1.29 is 5.11 Å². The smallest absolute Gasteiger partial charge is 0.0705 e. The fraction of sp³-hybridized carbons (Fsp3) is 0.444. The van der Waals surface area contributed by atoms with Crippen LogP contribution in [0.2, 0.25) is 0 Å². The van der Waals surface area contributed by atoms with Gasteiger partial charge in [0.05, 0.1) is 24.6 Å². The highest BCUT2D eigenvalue weighted by Crippen LogP contribution is 2.21. The predicted molar refractivity (Wildman–Crippen MR) is 52.2 cm³/mol. The average molecular weight is 196 g/mol. The van der Waals surface area contributed by atoms with Gasteiger partial charge in [-0.3, -0.25) is 0 Å². The minimum Gasteiger partial charge on any atom is -0.391 e. The SMILES string of the molecule is C[C@@H](O)[C@H](N)c1csc(CC#N)c1. The summed E-state index contributed by atoms with van der Waals surface area (Å²) in [4.78, 5) is 0.994. The Hall–Kier alpha value is -0.890. The van der Waals surface area contributed by atoms with Crippen LogP contribution in [0.25, 0.3) is 0 Å². The highest BCUT2D eigenvalue weighted by atomic mass is 32.1. The third-order valence-corrected chi connectivity index (χ3v) is 2.79. The van der Waals surface area contributed by atoms with Crippen molar-refractivity contribution in [2.75, 3.05) is 0 Å². The minimum absolute atomic E-state index is 0.344. The second-order valence-corrected chi connectivity index (χ2v) is 3.94. The van der Waals surface area contributed by atoms with Crippen molar-refractivity contribution in [3.63, 3.8) is 0 Å². The van der Waals surface area contributed by atoms with Crippen molar-refractivity contribution in [1.29, 1.82) is 5.26 Å². The van der Waals surface area contributed by atoms with Crippen LogP contribution in [0, 0.1) is 11.3 Å². The van der Waals surface area contributed by atoms with Gasteiger partial charge in [0.15, 0.2) is 0 Å². The van der Waals surface area contributed by atoms with Crippen molar-refractivity contribution in [3.8, 4) is 6.07 Å². The number of nitriles is 1. The van der Waals surface area contributed by atoms with E-state index in [9.17, 15) is 5.11 Å². The van der Waals surface area contributed by atoms with E-state index in [1.165, 1.54) is 11.3 Å². The Balaban J connectivity index is 2.74. The first-order chi connectivity index (χ1) is 6.15. The molecule has 0 radical (unpaired) electrons. The summed E-state index contributed by atoms with van der Waals surface area (Å²) in [6, 6.07) is 3.61. The lowest BCUT2D eigenvalue weighted by atomic mass is 10.1. The molecule has 4 heteroatoms. The van der Waals surface area contributed by atoms with E-state index in [-0.39, 0.29) is 6.04 Å². The van der Waals surface area contributed by atoms with Gasteiger partial charge in [0, 0.05) is 4.88 Å². The molecule has 70 valence electrons. The highest BCUT2D eigenvalue weighted by molar-refractivity contribution is 7.10. The van der Waals surface area contributed by atoms with E-state index >= 15 is 0 Å². The Bertz CT molecular complexity index is 314. The second-order valence-electron chi connectivity index (χ2n) is 2.95. The molecule has 0 spiro atoms. The molecular formula is C9H12N2OS. The fourth-order valence-corrected chi connectivity index (χ4v) is 1.89. The monoisotopic (exact) mass is 196 g/mol. The molecule has 1 aromatic heterocycles. The molecule has 0 fully saturated rings. The van der Waals surface area contributed by atoms with Crippen LogP contribution in [-0.4, -0.2) is 11.2 Å². The second kappa shape index (κ2) is 4.38. The number of nitrogens with zero attached hydrogens (tertiary/aromatic N) is 1. The number of thiophene rings is 1.